The van der Waals surface area contributed by atoms with Gasteiger partial charge in [0.25, 0.3) is 5.69 Å². The molecule has 4 aromatic rings. The second kappa shape index (κ2) is 18.6. The number of hydrogen-bond donors (Lipinski definition) is 2. The summed E-state index contributed by atoms with van der Waals surface area (Å²) in [6.07, 6.45) is 9.65. The summed E-state index contributed by atoms with van der Waals surface area (Å²) in [7, 11) is -2.74. The van der Waals surface area contributed by atoms with Crippen LogP contribution < -0.4 is 9.47 Å². The van der Waals surface area contributed by atoms with E-state index in [-0.39, 0.29) is 66.9 Å². The number of sulfonamides is 1. The van der Waals surface area contributed by atoms with Crippen LogP contribution >= 0.6 is 0 Å². The number of likely N-dealkylation sites (N-methyl/N-ethyl adjacent to an activating group) is 1. The number of rotatable bonds is 19. The van der Waals surface area contributed by atoms with Gasteiger partial charge in [-0.25, -0.2) is 8.42 Å². The molecule has 15 heteroatoms. The molecule has 1 fully saturated rings. The molecular weight excluding hydrogens is 789 g/mol. The van der Waals surface area contributed by atoms with Crippen molar-refractivity contribution in [3.63, 3.8) is 0 Å². The van der Waals surface area contributed by atoms with E-state index in [4.69, 9.17) is 19.0 Å². The summed E-state index contributed by atoms with van der Waals surface area (Å²) in [5.41, 5.74) is 2.43. The summed E-state index contributed by atoms with van der Waals surface area (Å²) < 4.78 is 51.8. The van der Waals surface area contributed by atoms with Crippen molar-refractivity contribution < 1.29 is 42.6 Å². The van der Waals surface area contributed by atoms with Crippen molar-refractivity contribution in [3.8, 4) is 17.2 Å². The molecule has 0 spiro atoms. The average molecular weight is 841 g/mol. The highest BCUT2D eigenvalue weighted by Crippen LogP contribution is 2.62. The molecule has 14 nitrogen and oxygen atoms in total. The van der Waals surface area contributed by atoms with E-state index in [1.54, 1.807) is 54.7 Å². The van der Waals surface area contributed by atoms with Crippen LogP contribution in [-0.4, -0.2) is 83.9 Å². The molecule has 318 valence electrons. The maximum Gasteiger partial charge on any atom is 0.273 e. The van der Waals surface area contributed by atoms with E-state index in [1.165, 1.54) is 23.5 Å². The SMILES string of the molecule is C=CCOC12Oc3ccc(Oc4cccc([N+](=O)[O-])c4)cc3C3C(CCCCO)C(CCCCO)C=C(C(=NOCC)CC1N(C)S(=O)(=O)c1cccc4cccnc14)C32. The minimum Gasteiger partial charge on any atom is -0.460 e. The number of fused-ring (bicyclic) bond motifs is 3. The number of nitro groups is 1. The minimum absolute atomic E-state index is 0.0116. The highest BCUT2D eigenvalue weighted by atomic mass is 32.2. The fourth-order valence-corrected chi connectivity index (χ4v) is 10.8. The van der Waals surface area contributed by atoms with Crippen molar-refractivity contribution in [2.45, 2.75) is 74.5 Å². The molecule has 0 bridgehead atoms. The number of non-ortho nitro benzene ring substituents is 1. The van der Waals surface area contributed by atoms with Gasteiger partial charge in [0.1, 0.15) is 28.8 Å². The van der Waals surface area contributed by atoms with E-state index < -0.39 is 32.7 Å². The highest BCUT2D eigenvalue weighted by molar-refractivity contribution is 7.89. The molecule has 0 amide bonds. The molecule has 2 aliphatic carbocycles. The number of aliphatic hydroxyl groups is 2. The number of para-hydroxylation sites is 1. The molecule has 3 aliphatic rings. The number of pyridine rings is 1. The molecule has 1 aromatic heterocycles. The standard InChI is InChI=1S/C45H52N4O10S/c1-4-25-56-45-41(48(3)60(54,55)40-19-10-14-30-15-12-22-46-44(30)40)29-38(47-57-5-2)36-26-31(13-6-8-23-50)35(18-7-9-24-51)42(43(36)45)37-28-34(20-21-39(37)59-45)58-33-17-11-16-32(27-33)49(52)53/h4,10-12,14-17,19-22,26-28,31,35,41-43,50-51H,1,5-9,13,18,23-25,29H2,2-3H3. The van der Waals surface area contributed by atoms with Crippen LogP contribution in [0.25, 0.3) is 10.9 Å². The zero-order valence-electron chi connectivity index (χ0n) is 33.9. The number of allylic oxidation sites excluding steroid dienone is 1. The normalized spacial score (nSPS) is 24.0. The Morgan fingerprint density at radius 3 is 2.53 bits per heavy atom. The number of nitro benzene ring substituents is 1. The summed E-state index contributed by atoms with van der Waals surface area (Å²) in [6.45, 7) is 6.20. The lowest BCUT2D eigenvalue weighted by Crippen LogP contribution is -2.69. The molecule has 7 rings (SSSR count). The van der Waals surface area contributed by atoms with Crippen molar-refractivity contribution in [1.29, 1.82) is 0 Å². The summed E-state index contributed by atoms with van der Waals surface area (Å²) in [5.74, 6) is -1.50. The summed E-state index contributed by atoms with van der Waals surface area (Å²) >= 11 is 0. The Balaban J connectivity index is 1.45. The van der Waals surface area contributed by atoms with E-state index in [1.807, 2.05) is 25.1 Å². The van der Waals surface area contributed by atoms with Gasteiger partial charge in [-0.05, 0) is 86.4 Å². The number of oxime groups is 1. The second-order valence-corrected chi connectivity index (χ2v) is 17.4. The van der Waals surface area contributed by atoms with Crippen LogP contribution in [0.3, 0.4) is 0 Å². The lowest BCUT2D eigenvalue weighted by Gasteiger charge is -2.59. The van der Waals surface area contributed by atoms with Crippen molar-refractivity contribution in [2.75, 3.05) is 33.5 Å². The van der Waals surface area contributed by atoms with Gasteiger partial charge in [0.2, 0.25) is 15.8 Å². The van der Waals surface area contributed by atoms with Crippen LogP contribution in [0.2, 0.25) is 0 Å². The van der Waals surface area contributed by atoms with Gasteiger partial charge in [-0.3, -0.25) is 15.1 Å². The van der Waals surface area contributed by atoms with E-state index in [9.17, 15) is 20.3 Å². The number of ether oxygens (including phenoxy) is 3. The predicted molar refractivity (Wildman–Crippen MR) is 226 cm³/mol. The van der Waals surface area contributed by atoms with Gasteiger partial charge < -0.3 is 29.3 Å². The Kier molecular flexibility index (Phi) is 13.3. The quantitative estimate of drug-likeness (QED) is 0.0405. The van der Waals surface area contributed by atoms with Gasteiger partial charge in [-0.2, -0.15) is 4.31 Å². The average Bonchev–Trinajstić information content (AvgIpc) is 3.25. The fraction of sp³-hybridized carbons (Fsp3) is 0.422. The highest BCUT2D eigenvalue weighted by Gasteiger charge is 2.65. The van der Waals surface area contributed by atoms with E-state index in [2.05, 4.69) is 22.8 Å². The van der Waals surface area contributed by atoms with Crippen molar-refractivity contribution in [1.82, 2.24) is 9.29 Å². The predicted octanol–water partition coefficient (Wildman–Crippen LogP) is 7.91. The first kappa shape index (κ1) is 42.9. The van der Waals surface area contributed by atoms with Crippen LogP contribution in [-0.2, 0) is 19.6 Å². The Bertz CT molecular complexity index is 2370. The Hall–Kier alpha value is -5.19. The second-order valence-electron chi connectivity index (χ2n) is 15.4. The number of aromatic nitrogens is 1. The van der Waals surface area contributed by atoms with Gasteiger partial charge in [0.15, 0.2) is 0 Å². The van der Waals surface area contributed by atoms with Crippen LogP contribution in [0, 0.1) is 27.9 Å². The van der Waals surface area contributed by atoms with Gasteiger partial charge in [-0.15, -0.1) is 6.58 Å². The van der Waals surface area contributed by atoms with Crippen LogP contribution in [0.15, 0.2) is 113 Å². The fourth-order valence-electron chi connectivity index (χ4n) is 9.31. The number of hydrogen-bond acceptors (Lipinski definition) is 12. The Labute approximate surface area is 350 Å². The molecule has 3 aromatic carbocycles. The number of benzene rings is 3. The molecule has 1 aliphatic heterocycles. The van der Waals surface area contributed by atoms with Gasteiger partial charge in [0, 0.05) is 55.8 Å². The molecular formula is C45H52N4O10S. The topological polar surface area (TPSA) is 183 Å². The van der Waals surface area contributed by atoms with Gasteiger partial charge >= 0.3 is 0 Å². The zero-order chi connectivity index (χ0) is 42.4. The van der Waals surface area contributed by atoms with Gasteiger partial charge in [0.05, 0.1) is 40.8 Å². The smallest absolute Gasteiger partial charge is 0.273 e. The monoisotopic (exact) mass is 840 g/mol. The lowest BCUT2D eigenvalue weighted by atomic mass is 9.55. The van der Waals surface area contributed by atoms with E-state index in [0.717, 1.165) is 30.4 Å². The van der Waals surface area contributed by atoms with Crippen molar-refractivity contribution in [3.05, 3.63) is 119 Å². The maximum absolute atomic E-state index is 15.0. The Morgan fingerprint density at radius 2 is 1.78 bits per heavy atom. The van der Waals surface area contributed by atoms with Crippen LogP contribution in [0.4, 0.5) is 5.69 Å². The number of nitrogens with zero attached hydrogens (tertiary/aromatic N) is 4. The molecule has 6 atom stereocenters. The van der Waals surface area contributed by atoms with Crippen LogP contribution in [0.5, 0.6) is 17.2 Å². The molecule has 0 saturated heterocycles. The first-order chi connectivity index (χ1) is 29.1. The van der Waals surface area contributed by atoms with E-state index >= 15 is 8.42 Å². The third-order valence-electron chi connectivity index (χ3n) is 11.9. The summed E-state index contributed by atoms with van der Waals surface area (Å²) in [4.78, 5) is 21.4. The van der Waals surface area contributed by atoms with Crippen LogP contribution in [0.1, 0.15) is 63.4 Å². The number of aliphatic hydroxyl groups excluding tert-OH is 2. The minimum atomic E-state index is -4.28. The first-order valence-electron chi connectivity index (χ1n) is 20.5. The molecule has 6 unspecified atom stereocenters. The maximum atomic E-state index is 15.0. The van der Waals surface area contributed by atoms with Gasteiger partial charge in [-0.1, -0.05) is 54.4 Å². The molecule has 60 heavy (non-hydrogen) atoms. The summed E-state index contributed by atoms with van der Waals surface area (Å²) in [6, 6.07) is 19.0. The molecule has 1 saturated carbocycles. The molecule has 0 radical (unpaired) electrons. The third kappa shape index (κ3) is 8.28. The third-order valence-corrected chi connectivity index (χ3v) is 13.8. The number of unbranched alkanes of at least 4 members (excludes halogenated alkanes) is 2. The summed E-state index contributed by atoms with van der Waals surface area (Å²) in [5, 5.41) is 36.7. The largest absolute Gasteiger partial charge is 0.460 e. The van der Waals surface area contributed by atoms with E-state index in [0.29, 0.717) is 47.4 Å². The van der Waals surface area contributed by atoms with Crippen molar-refractivity contribution >= 4 is 32.3 Å². The first-order valence-corrected chi connectivity index (χ1v) is 22.0. The van der Waals surface area contributed by atoms with Crippen molar-refractivity contribution in [2.24, 2.45) is 22.9 Å². The Morgan fingerprint density at radius 1 is 1.03 bits per heavy atom. The molecule has 2 N–H and O–H groups in total. The zero-order valence-corrected chi connectivity index (χ0v) is 34.7. The lowest BCUT2D eigenvalue weighted by molar-refractivity contribution is -0.384. The molecule has 2 heterocycles.